The van der Waals surface area contributed by atoms with Crippen LogP contribution in [0.25, 0.3) is 0 Å². The van der Waals surface area contributed by atoms with Crippen LogP contribution >= 0.6 is 0 Å². The maximum absolute atomic E-state index is 6.01. The smallest absolute Gasteiger partial charge is 0.118 e. The van der Waals surface area contributed by atoms with Gasteiger partial charge in [-0.2, -0.15) is 0 Å². The van der Waals surface area contributed by atoms with Crippen molar-refractivity contribution < 1.29 is 9.47 Å². The van der Waals surface area contributed by atoms with Crippen molar-refractivity contribution in [3.63, 3.8) is 0 Å². The Balaban J connectivity index is 1.58. The van der Waals surface area contributed by atoms with Gasteiger partial charge in [0, 0.05) is 13.1 Å². The lowest BCUT2D eigenvalue weighted by Crippen LogP contribution is -2.41. The Morgan fingerprint density at radius 3 is 2.84 bits per heavy atom. The molecule has 0 amide bonds. The SMILES string of the molecule is COc1ccc(CN2CC[C@H]3C[C@H](C)O[C@@H]3C2)cc1. The molecule has 0 N–H and O–H groups in total. The molecule has 2 heterocycles. The van der Waals surface area contributed by atoms with Gasteiger partial charge in [-0.15, -0.1) is 0 Å². The number of methoxy groups -OCH3 is 1. The van der Waals surface area contributed by atoms with E-state index in [2.05, 4.69) is 24.0 Å². The third-order valence-electron chi connectivity index (χ3n) is 4.39. The van der Waals surface area contributed by atoms with Crippen molar-refractivity contribution in [2.45, 2.75) is 38.5 Å². The van der Waals surface area contributed by atoms with E-state index in [4.69, 9.17) is 9.47 Å². The van der Waals surface area contributed by atoms with E-state index in [0.717, 1.165) is 24.8 Å². The summed E-state index contributed by atoms with van der Waals surface area (Å²) in [5, 5.41) is 0. The van der Waals surface area contributed by atoms with Crippen molar-refractivity contribution in [1.29, 1.82) is 0 Å². The molecular formula is C16H23NO2. The molecule has 2 fully saturated rings. The van der Waals surface area contributed by atoms with Gasteiger partial charge in [0.1, 0.15) is 5.75 Å². The van der Waals surface area contributed by atoms with Gasteiger partial charge < -0.3 is 9.47 Å². The first-order valence-electron chi connectivity index (χ1n) is 7.25. The molecule has 2 aliphatic heterocycles. The Morgan fingerprint density at radius 2 is 2.11 bits per heavy atom. The monoisotopic (exact) mass is 261 g/mol. The number of rotatable bonds is 3. The molecular weight excluding hydrogens is 238 g/mol. The maximum Gasteiger partial charge on any atom is 0.118 e. The van der Waals surface area contributed by atoms with Gasteiger partial charge in [0.05, 0.1) is 19.3 Å². The van der Waals surface area contributed by atoms with E-state index in [0.29, 0.717) is 12.2 Å². The van der Waals surface area contributed by atoms with Crippen LogP contribution in [0.3, 0.4) is 0 Å². The number of benzene rings is 1. The third-order valence-corrected chi connectivity index (χ3v) is 4.39. The zero-order chi connectivity index (χ0) is 13.2. The van der Waals surface area contributed by atoms with Crippen LogP contribution in [0.1, 0.15) is 25.3 Å². The van der Waals surface area contributed by atoms with Crippen LogP contribution in [-0.4, -0.2) is 37.3 Å². The zero-order valence-electron chi connectivity index (χ0n) is 11.8. The van der Waals surface area contributed by atoms with Gasteiger partial charge in [-0.3, -0.25) is 4.90 Å². The second-order valence-corrected chi connectivity index (χ2v) is 5.85. The van der Waals surface area contributed by atoms with Crippen LogP contribution in [0.15, 0.2) is 24.3 Å². The predicted molar refractivity (Wildman–Crippen MR) is 75.3 cm³/mol. The lowest BCUT2D eigenvalue weighted by molar-refractivity contribution is -0.00276. The average molecular weight is 261 g/mol. The molecule has 3 heteroatoms. The fourth-order valence-corrected chi connectivity index (χ4v) is 3.37. The molecule has 1 aromatic carbocycles. The lowest BCUT2D eigenvalue weighted by Gasteiger charge is -2.34. The van der Waals surface area contributed by atoms with Gasteiger partial charge >= 0.3 is 0 Å². The molecule has 19 heavy (non-hydrogen) atoms. The Morgan fingerprint density at radius 1 is 1.32 bits per heavy atom. The predicted octanol–water partition coefficient (Wildman–Crippen LogP) is 2.69. The van der Waals surface area contributed by atoms with Crippen molar-refractivity contribution in [1.82, 2.24) is 4.90 Å². The first-order valence-corrected chi connectivity index (χ1v) is 7.25. The highest BCUT2D eigenvalue weighted by Crippen LogP contribution is 2.33. The van der Waals surface area contributed by atoms with E-state index in [9.17, 15) is 0 Å². The van der Waals surface area contributed by atoms with Gasteiger partial charge in [-0.1, -0.05) is 12.1 Å². The van der Waals surface area contributed by atoms with Crippen molar-refractivity contribution in [3.05, 3.63) is 29.8 Å². The molecule has 0 saturated carbocycles. The fourth-order valence-electron chi connectivity index (χ4n) is 3.37. The molecule has 2 aliphatic rings. The maximum atomic E-state index is 6.01. The highest BCUT2D eigenvalue weighted by atomic mass is 16.5. The fraction of sp³-hybridized carbons (Fsp3) is 0.625. The first kappa shape index (κ1) is 12.9. The minimum atomic E-state index is 0.455. The highest BCUT2D eigenvalue weighted by Gasteiger charge is 2.37. The minimum Gasteiger partial charge on any atom is -0.497 e. The summed E-state index contributed by atoms with van der Waals surface area (Å²) in [6.07, 6.45) is 3.45. The Labute approximate surface area is 115 Å². The molecule has 3 atom stereocenters. The molecule has 3 nitrogen and oxygen atoms in total. The average Bonchev–Trinajstić information content (AvgIpc) is 2.79. The third kappa shape index (κ3) is 2.93. The molecule has 0 radical (unpaired) electrons. The summed E-state index contributed by atoms with van der Waals surface area (Å²) in [6, 6.07) is 8.39. The second kappa shape index (κ2) is 5.51. The summed E-state index contributed by atoms with van der Waals surface area (Å²) in [5.74, 6) is 1.72. The van der Waals surface area contributed by atoms with Crippen LogP contribution in [0.4, 0.5) is 0 Å². The zero-order valence-corrected chi connectivity index (χ0v) is 11.8. The lowest BCUT2D eigenvalue weighted by atomic mass is 9.92. The van der Waals surface area contributed by atoms with Crippen LogP contribution in [0.2, 0.25) is 0 Å². The second-order valence-electron chi connectivity index (χ2n) is 5.85. The molecule has 0 unspecified atom stereocenters. The van der Waals surface area contributed by atoms with Gasteiger partial charge in [-0.05, 0) is 49.9 Å². The largest absolute Gasteiger partial charge is 0.497 e. The molecule has 0 aromatic heterocycles. The van der Waals surface area contributed by atoms with Crippen molar-refractivity contribution >= 4 is 0 Å². The molecule has 0 bridgehead atoms. The van der Waals surface area contributed by atoms with Gasteiger partial charge in [0.25, 0.3) is 0 Å². The van der Waals surface area contributed by atoms with Gasteiger partial charge in [-0.25, -0.2) is 0 Å². The number of hydrogen-bond donors (Lipinski definition) is 0. The van der Waals surface area contributed by atoms with E-state index in [1.165, 1.54) is 24.9 Å². The number of hydrogen-bond acceptors (Lipinski definition) is 3. The summed E-state index contributed by atoms with van der Waals surface area (Å²) in [5.41, 5.74) is 1.35. The number of piperidine rings is 1. The quantitative estimate of drug-likeness (QED) is 0.835. The summed E-state index contributed by atoms with van der Waals surface area (Å²) in [4.78, 5) is 2.51. The normalized spacial score (nSPS) is 31.2. The topological polar surface area (TPSA) is 21.7 Å². The molecule has 0 aliphatic carbocycles. The molecule has 2 saturated heterocycles. The minimum absolute atomic E-state index is 0.455. The summed E-state index contributed by atoms with van der Waals surface area (Å²) in [7, 11) is 1.71. The van der Waals surface area contributed by atoms with Crippen LogP contribution in [-0.2, 0) is 11.3 Å². The number of nitrogens with zero attached hydrogens (tertiary/aromatic N) is 1. The molecule has 0 spiro atoms. The Hall–Kier alpha value is -1.06. The van der Waals surface area contributed by atoms with Crippen molar-refractivity contribution in [3.8, 4) is 5.75 Å². The van der Waals surface area contributed by atoms with Crippen LogP contribution < -0.4 is 4.74 Å². The van der Waals surface area contributed by atoms with E-state index in [1.807, 2.05) is 12.1 Å². The van der Waals surface area contributed by atoms with Crippen LogP contribution in [0.5, 0.6) is 5.75 Å². The van der Waals surface area contributed by atoms with E-state index < -0.39 is 0 Å². The van der Waals surface area contributed by atoms with E-state index in [1.54, 1.807) is 7.11 Å². The first-order chi connectivity index (χ1) is 9.24. The number of ether oxygens (including phenoxy) is 2. The standard InChI is InChI=1S/C16H23NO2/c1-12-9-14-7-8-17(11-16(14)19-12)10-13-3-5-15(18-2)6-4-13/h3-6,12,14,16H,7-11H2,1-2H3/t12-,14-,16+/m0/s1. The van der Waals surface area contributed by atoms with Gasteiger partial charge in [0.2, 0.25) is 0 Å². The number of fused-ring (bicyclic) bond motifs is 1. The summed E-state index contributed by atoms with van der Waals surface area (Å²) < 4.78 is 11.2. The van der Waals surface area contributed by atoms with Crippen molar-refractivity contribution in [2.24, 2.45) is 5.92 Å². The Bertz CT molecular complexity index is 417. The molecule has 104 valence electrons. The highest BCUT2D eigenvalue weighted by molar-refractivity contribution is 5.27. The van der Waals surface area contributed by atoms with Crippen molar-refractivity contribution in [2.75, 3.05) is 20.2 Å². The summed E-state index contributed by atoms with van der Waals surface area (Å²) >= 11 is 0. The van der Waals surface area contributed by atoms with Crippen LogP contribution in [0, 0.1) is 5.92 Å². The van der Waals surface area contributed by atoms with Gasteiger partial charge in [0.15, 0.2) is 0 Å². The van der Waals surface area contributed by atoms with E-state index >= 15 is 0 Å². The van der Waals surface area contributed by atoms with E-state index in [-0.39, 0.29) is 0 Å². The Kier molecular flexibility index (Phi) is 3.76. The molecule has 1 aromatic rings. The molecule has 3 rings (SSSR count). The number of likely N-dealkylation sites (tertiary alicyclic amines) is 1. The summed E-state index contributed by atoms with van der Waals surface area (Å²) in [6.45, 7) is 5.50.